The fourth-order valence-corrected chi connectivity index (χ4v) is 3.12. The van der Waals surface area contributed by atoms with Crippen molar-refractivity contribution in [2.24, 2.45) is 0 Å². The van der Waals surface area contributed by atoms with E-state index >= 15 is 0 Å². The molecule has 1 aliphatic heterocycles. The largest absolute Gasteiger partial charge is 0.389 e. The number of rotatable bonds is 2. The van der Waals surface area contributed by atoms with Crippen molar-refractivity contribution < 1.29 is 17.9 Å². The van der Waals surface area contributed by atoms with E-state index in [0.29, 0.717) is 25.4 Å². The third-order valence-corrected chi connectivity index (χ3v) is 3.92. The number of fused-ring (bicyclic) bond motifs is 1. The molecule has 0 amide bonds. The zero-order valence-electron chi connectivity index (χ0n) is 9.69. The van der Waals surface area contributed by atoms with Crippen LogP contribution < -0.4 is 4.18 Å². The van der Waals surface area contributed by atoms with Gasteiger partial charge in [-0.1, -0.05) is 12.1 Å². The third kappa shape index (κ3) is 2.28. The summed E-state index contributed by atoms with van der Waals surface area (Å²) < 4.78 is 27.6. The molecule has 1 fully saturated rings. The molecule has 1 aromatic rings. The van der Waals surface area contributed by atoms with Crippen molar-refractivity contribution in [3.63, 3.8) is 0 Å². The number of ether oxygens (including phenoxy) is 2. The molecule has 0 aromatic heterocycles. The van der Waals surface area contributed by atoms with Gasteiger partial charge >= 0.3 is 10.3 Å². The molecule has 6 heteroatoms. The van der Waals surface area contributed by atoms with E-state index in [1.54, 1.807) is 6.07 Å². The van der Waals surface area contributed by atoms with E-state index in [1.807, 2.05) is 12.1 Å². The topological polar surface area (TPSA) is 44.8 Å². The number of halogens is 1. The molecule has 1 saturated heterocycles. The zero-order valence-corrected chi connectivity index (χ0v) is 11.3. The maximum atomic E-state index is 11.0. The molecule has 2 aliphatic rings. The van der Waals surface area contributed by atoms with E-state index in [9.17, 15) is 4.21 Å². The Morgan fingerprint density at radius 2 is 2.11 bits per heavy atom. The average molecular weight is 289 g/mol. The molecule has 0 bridgehead atoms. The summed E-state index contributed by atoms with van der Waals surface area (Å²) in [7, 11) is 3.56. The summed E-state index contributed by atoms with van der Waals surface area (Å²) in [6, 6.07) is 5.69. The van der Waals surface area contributed by atoms with Crippen LogP contribution in [0.1, 0.15) is 17.5 Å². The summed E-state index contributed by atoms with van der Waals surface area (Å²) in [6.45, 7) is 1.25. The van der Waals surface area contributed by atoms with E-state index in [4.69, 9.17) is 24.3 Å². The van der Waals surface area contributed by atoms with Crippen LogP contribution in [0.5, 0.6) is 5.75 Å². The smallest absolute Gasteiger partial charge is 0.308 e. The van der Waals surface area contributed by atoms with Gasteiger partial charge in [-0.25, -0.2) is 0 Å². The summed E-state index contributed by atoms with van der Waals surface area (Å²) in [5, 5.41) is 0. The number of aryl methyl sites for hydroxylation is 1. The maximum absolute atomic E-state index is 11.0. The first kappa shape index (κ1) is 12.4. The molecule has 3 rings (SSSR count). The minimum Gasteiger partial charge on any atom is -0.389 e. The average Bonchev–Trinajstić information content (AvgIpc) is 2.78. The van der Waals surface area contributed by atoms with E-state index in [2.05, 4.69) is 0 Å². The van der Waals surface area contributed by atoms with Crippen molar-refractivity contribution in [2.75, 3.05) is 13.2 Å². The van der Waals surface area contributed by atoms with Crippen LogP contribution in [0.25, 0.3) is 0 Å². The maximum Gasteiger partial charge on any atom is 0.308 e. The monoisotopic (exact) mass is 288 g/mol. The summed E-state index contributed by atoms with van der Waals surface area (Å²) in [5.41, 5.74) is 2.17. The van der Waals surface area contributed by atoms with Crippen LogP contribution in [0.3, 0.4) is 0 Å². The second kappa shape index (κ2) is 4.81. The van der Waals surface area contributed by atoms with Gasteiger partial charge in [0.1, 0.15) is 5.75 Å². The second-order valence-electron chi connectivity index (χ2n) is 4.46. The highest BCUT2D eigenvalue weighted by molar-refractivity contribution is 8.04. The van der Waals surface area contributed by atoms with Gasteiger partial charge in [-0.15, -0.1) is 0 Å². The molecule has 98 valence electrons. The van der Waals surface area contributed by atoms with Crippen molar-refractivity contribution in [1.29, 1.82) is 0 Å². The molecule has 1 atom stereocenters. The van der Waals surface area contributed by atoms with Crippen LogP contribution in [-0.2, 0) is 32.6 Å². The van der Waals surface area contributed by atoms with E-state index in [0.717, 1.165) is 18.4 Å². The summed E-state index contributed by atoms with van der Waals surface area (Å²) in [5.74, 6) is 0.0271. The van der Waals surface area contributed by atoms with E-state index < -0.39 is 16.1 Å². The normalized spacial score (nSPS) is 22.7. The van der Waals surface area contributed by atoms with Crippen LogP contribution in [0, 0.1) is 0 Å². The molecule has 1 spiro atoms. The second-order valence-corrected chi connectivity index (χ2v) is 5.77. The quantitative estimate of drug-likeness (QED) is 0.782. The van der Waals surface area contributed by atoms with Gasteiger partial charge in [0.2, 0.25) is 0 Å². The first-order valence-corrected chi connectivity index (χ1v) is 7.74. The third-order valence-electron chi connectivity index (χ3n) is 3.42. The standard InChI is InChI=1S/C12H13ClO4S/c13-18(14)17-11-3-1-2-9-4-5-12(8-10(9)11)15-6-7-16-12/h1-3H,4-8H2. The lowest BCUT2D eigenvalue weighted by Crippen LogP contribution is -2.37. The highest BCUT2D eigenvalue weighted by atomic mass is 35.7. The molecular formula is C12H13ClO4S. The molecule has 0 N–H and O–H groups in total. The van der Waals surface area contributed by atoms with Gasteiger partial charge in [0, 0.05) is 29.1 Å². The van der Waals surface area contributed by atoms with Crippen LogP contribution in [0.15, 0.2) is 18.2 Å². The lowest BCUT2D eigenvalue weighted by Gasteiger charge is -2.33. The van der Waals surface area contributed by atoms with Crippen molar-refractivity contribution >= 4 is 21.0 Å². The molecule has 1 aromatic carbocycles. The Morgan fingerprint density at radius 1 is 1.33 bits per heavy atom. The summed E-state index contributed by atoms with van der Waals surface area (Å²) in [6.07, 6.45) is 2.32. The first-order chi connectivity index (χ1) is 8.69. The Hall–Kier alpha value is -0.620. The van der Waals surface area contributed by atoms with E-state index in [1.165, 1.54) is 5.56 Å². The summed E-state index contributed by atoms with van der Waals surface area (Å²) in [4.78, 5) is 0. The fraction of sp³-hybridized carbons (Fsp3) is 0.500. The van der Waals surface area contributed by atoms with Crippen molar-refractivity contribution in [1.82, 2.24) is 0 Å². The number of hydrogen-bond donors (Lipinski definition) is 0. The van der Waals surface area contributed by atoms with Gasteiger partial charge in [-0.2, -0.15) is 4.21 Å². The van der Waals surface area contributed by atoms with Crippen LogP contribution in [-0.4, -0.2) is 23.2 Å². The Kier molecular flexibility index (Phi) is 3.32. The Balaban J connectivity index is 1.94. The van der Waals surface area contributed by atoms with Crippen LogP contribution in [0.4, 0.5) is 0 Å². The molecule has 1 heterocycles. The predicted molar refractivity (Wildman–Crippen MR) is 67.7 cm³/mol. The highest BCUT2D eigenvalue weighted by Crippen LogP contribution is 2.39. The first-order valence-electron chi connectivity index (χ1n) is 5.84. The number of hydrogen-bond acceptors (Lipinski definition) is 4. The van der Waals surface area contributed by atoms with Crippen LogP contribution >= 0.6 is 10.7 Å². The minimum atomic E-state index is -1.84. The number of benzene rings is 1. The van der Waals surface area contributed by atoms with Gasteiger partial charge in [0.15, 0.2) is 5.79 Å². The lowest BCUT2D eigenvalue weighted by molar-refractivity contribution is -0.163. The zero-order chi connectivity index (χ0) is 12.6. The van der Waals surface area contributed by atoms with Gasteiger partial charge < -0.3 is 13.7 Å². The van der Waals surface area contributed by atoms with Gasteiger partial charge in [0.05, 0.1) is 13.2 Å². The van der Waals surface area contributed by atoms with Crippen molar-refractivity contribution in [2.45, 2.75) is 25.0 Å². The van der Waals surface area contributed by atoms with Crippen LogP contribution in [0.2, 0.25) is 0 Å². The summed E-state index contributed by atoms with van der Waals surface area (Å²) >= 11 is 0. The molecule has 18 heavy (non-hydrogen) atoms. The predicted octanol–water partition coefficient (Wildman–Crippen LogP) is 2.11. The Bertz CT molecular complexity index is 485. The Morgan fingerprint density at radius 3 is 2.83 bits per heavy atom. The molecule has 0 saturated carbocycles. The molecule has 1 unspecified atom stereocenters. The van der Waals surface area contributed by atoms with Gasteiger partial charge in [0.25, 0.3) is 0 Å². The van der Waals surface area contributed by atoms with Gasteiger partial charge in [-0.05, 0) is 18.1 Å². The minimum absolute atomic E-state index is 0.528. The van der Waals surface area contributed by atoms with Gasteiger partial charge in [-0.3, -0.25) is 0 Å². The molecule has 1 aliphatic carbocycles. The lowest BCUT2D eigenvalue weighted by atomic mass is 9.87. The van der Waals surface area contributed by atoms with Crippen molar-refractivity contribution in [3.8, 4) is 5.75 Å². The SMILES string of the molecule is O=S(Cl)Oc1cccc2c1CC1(CC2)OCCO1. The molecule has 4 nitrogen and oxygen atoms in total. The molecule has 0 radical (unpaired) electrons. The fourth-order valence-electron chi connectivity index (χ4n) is 2.62. The molecular weight excluding hydrogens is 276 g/mol. The Labute approximate surface area is 112 Å². The van der Waals surface area contributed by atoms with E-state index in [-0.39, 0.29) is 0 Å². The van der Waals surface area contributed by atoms with Crippen molar-refractivity contribution in [3.05, 3.63) is 29.3 Å². The highest BCUT2D eigenvalue weighted by Gasteiger charge is 2.40.